The maximum absolute atomic E-state index is 6.01. The minimum Gasteiger partial charge on any atom is -0.375 e. The van der Waals surface area contributed by atoms with Crippen molar-refractivity contribution >= 4 is 27.7 Å². The molecule has 1 saturated heterocycles. The molecule has 1 aromatic heterocycles. The van der Waals surface area contributed by atoms with Crippen molar-refractivity contribution in [2.24, 2.45) is 0 Å². The van der Waals surface area contributed by atoms with Gasteiger partial charge in [0.2, 0.25) is 5.95 Å². The lowest BCUT2D eigenvalue weighted by molar-refractivity contribution is -0.0864. The zero-order valence-corrected chi connectivity index (χ0v) is 14.0. The van der Waals surface area contributed by atoms with Gasteiger partial charge in [-0.2, -0.15) is 4.98 Å². The van der Waals surface area contributed by atoms with E-state index >= 15 is 0 Å². The van der Waals surface area contributed by atoms with Crippen LogP contribution in [0.25, 0.3) is 0 Å². The molecule has 2 N–H and O–H groups in total. The topological polar surface area (TPSA) is 59.1 Å². The van der Waals surface area contributed by atoms with Gasteiger partial charge in [-0.1, -0.05) is 13.8 Å². The van der Waals surface area contributed by atoms with Crippen LogP contribution in [0.2, 0.25) is 0 Å². The normalized spacial score (nSPS) is 21.5. The summed E-state index contributed by atoms with van der Waals surface area (Å²) in [6.45, 7) is 5.21. The Morgan fingerprint density at radius 2 is 2.20 bits per heavy atom. The highest BCUT2D eigenvalue weighted by atomic mass is 79.9. The number of hydrogen-bond acceptors (Lipinski definition) is 5. The number of ether oxygens (including phenoxy) is 1. The van der Waals surface area contributed by atoms with Gasteiger partial charge < -0.3 is 15.4 Å². The molecular weight excluding hydrogens is 320 g/mol. The fourth-order valence-electron chi connectivity index (χ4n) is 2.68. The first-order chi connectivity index (χ1) is 9.62. The molecule has 2 heterocycles. The van der Waals surface area contributed by atoms with E-state index in [1.807, 2.05) is 7.05 Å². The standard InChI is InChI=1S/C14H23BrN4O/c1-4-14(5-2)8-10(6-7-20-14)18-12-11(15)9-17-13(16-3)19-12/h9-10H,4-8H2,1-3H3,(H2,16,17,18,19). The van der Waals surface area contributed by atoms with Crippen molar-refractivity contribution in [1.29, 1.82) is 0 Å². The molecule has 112 valence electrons. The second-order valence-electron chi connectivity index (χ2n) is 5.21. The molecule has 0 amide bonds. The lowest BCUT2D eigenvalue weighted by Gasteiger charge is -2.40. The molecule has 2 rings (SSSR count). The monoisotopic (exact) mass is 342 g/mol. The van der Waals surface area contributed by atoms with Crippen molar-refractivity contribution in [2.45, 2.75) is 51.2 Å². The first-order valence-electron chi connectivity index (χ1n) is 7.23. The van der Waals surface area contributed by atoms with Crippen molar-refractivity contribution in [2.75, 3.05) is 24.3 Å². The third-order valence-electron chi connectivity index (χ3n) is 4.09. The molecule has 0 aliphatic carbocycles. The minimum atomic E-state index is 0.0151. The SMILES string of the molecule is CCC1(CC)CC(Nc2nc(NC)ncc2Br)CCO1. The highest BCUT2D eigenvalue weighted by Gasteiger charge is 2.34. The molecule has 0 bridgehead atoms. The van der Waals surface area contributed by atoms with Crippen LogP contribution in [0, 0.1) is 0 Å². The van der Waals surface area contributed by atoms with Gasteiger partial charge in [0.1, 0.15) is 5.82 Å². The van der Waals surface area contributed by atoms with E-state index in [9.17, 15) is 0 Å². The quantitative estimate of drug-likeness (QED) is 0.858. The van der Waals surface area contributed by atoms with E-state index in [4.69, 9.17) is 4.74 Å². The Morgan fingerprint density at radius 1 is 1.45 bits per heavy atom. The Kier molecular flexibility index (Phi) is 5.21. The lowest BCUT2D eigenvalue weighted by Crippen LogP contribution is -2.43. The Morgan fingerprint density at radius 3 is 2.85 bits per heavy atom. The van der Waals surface area contributed by atoms with Crippen LogP contribution in [-0.2, 0) is 4.74 Å². The molecule has 1 unspecified atom stereocenters. The summed E-state index contributed by atoms with van der Waals surface area (Å²) in [5.74, 6) is 1.47. The van der Waals surface area contributed by atoms with Crippen molar-refractivity contribution < 1.29 is 4.74 Å². The number of anilines is 2. The van der Waals surface area contributed by atoms with Gasteiger partial charge in [0.15, 0.2) is 0 Å². The first kappa shape index (κ1) is 15.5. The van der Waals surface area contributed by atoms with Crippen molar-refractivity contribution in [1.82, 2.24) is 9.97 Å². The molecule has 0 aromatic carbocycles. The summed E-state index contributed by atoms with van der Waals surface area (Å²) in [6.07, 6.45) is 5.90. The number of halogens is 1. The van der Waals surface area contributed by atoms with E-state index in [0.717, 1.165) is 42.6 Å². The molecule has 1 aromatic rings. The summed E-state index contributed by atoms with van der Waals surface area (Å²) in [4.78, 5) is 8.64. The van der Waals surface area contributed by atoms with E-state index in [2.05, 4.69) is 50.4 Å². The third kappa shape index (κ3) is 3.41. The largest absolute Gasteiger partial charge is 0.375 e. The Balaban J connectivity index is 2.09. The zero-order valence-electron chi connectivity index (χ0n) is 12.4. The summed E-state index contributed by atoms with van der Waals surface area (Å²) in [5, 5.41) is 6.49. The molecule has 0 spiro atoms. The Labute approximate surface area is 129 Å². The number of nitrogens with one attached hydrogen (secondary N) is 2. The van der Waals surface area contributed by atoms with E-state index in [1.165, 1.54) is 0 Å². The fraction of sp³-hybridized carbons (Fsp3) is 0.714. The average Bonchev–Trinajstić information content (AvgIpc) is 2.49. The van der Waals surface area contributed by atoms with Crippen LogP contribution in [0.15, 0.2) is 10.7 Å². The van der Waals surface area contributed by atoms with Gasteiger partial charge in [0.05, 0.1) is 10.1 Å². The minimum absolute atomic E-state index is 0.0151. The smallest absolute Gasteiger partial charge is 0.224 e. The van der Waals surface area contributed by atoms with Crippen molar-refractivity contribution in [3.05, 3.63) is 10.7 Å². The molecule has 5 nitrogen and oxygen atoms in total. The Hall–Kier alpha value is -0.880. The zero-order chi connectivity index (χ0) is 14.6. The molecule has 1 atom stereocenters. The van der Waals surface area contributed by atoms with Gasteiger partial charge in [0.25, 0.3) is 0 Å². The predicted molar refractivity (Wildman–Crippen MR) is 85.2 cm³/mol. The van der Waals surface area contributed by atoms with Crippen molar-refractivity contribution in [3.63, 3.8) is 0 Å². The van der Waals surface area contributed by atoms with Crippen LogP contribution in [-0.4, -0.2) is 35.3 Å². The van der Waals surface area contributed by atoms with Gasteiger partial charge in [-0.3, -0.25) is 0 Å². The van der Waals surface area contributed by atoms with Gasteiger partial charge in [-0.15, -0.1) is 0 Å². The maximum Gasteiger partial charge on any atom is 0.224 e. The summed E-state index contributed by atoms with van der Waals surface area (Å²) in [6, 6.07) is 0.388. The first-order valence-corrected chi connectivity index (χ1v) is 8.02. The molecule has 0 radical (unpaired) electrons. The van der Waals surface area contributed by atoms with E-state index in [0.29, 0.717) is 12.0 Å². The maximum atomic E-state index is 6.01. The van der Waals surface area contributed by atoms with E-state index in [1.54, 1.807) is 6.20 Å². The molecule has 1 aliphatic rings. The molecule has 20 heavy (non-hydrogen) atoms. The molecule has 0 saturated carbocycles. The van der Waals surface area contributed by atoms with Crippen molar-refractivity contribution in [3.8, 4) is 0 Å². The number of nitrogens with zero attached hydrogens (tertiary/aromatic N) is 2. The summed E-state index contributed by atoms with van der Waals surface area (Å²) < 4.78 is 6.90. The van der Waals surface area contributed by atoms with E-state index < -0.39 is 0 Å². The highest BCUT2D eigenvalue weighted by Crippen LogP contribution is 2.33. The van der Waals surface area contributed by atoms with Crippen LogP contribution in [0.5, 0.6) is 0 Å². The Bertz CT molecular complexity index is 451. The molecule has 1 fully saturated rings. The van der Waals surface area contributed by atoms with Crippen LogP contribution >= 0.6 is 15.9 Å². The highest BCUT2D eigenvalue weighted by molar-refractivity contribution is 9.10. The number of rotatable bonds is 5. The summed E-state index contributed by atoms with van der Waals surface area (Å²) in [5.41, 5.74) is 0.0151. The third-order valence-corrected chi connectivity index (χ3v) is 4.67. The average molecular weight is 343 g/mol. The van der Waals surface area contributed by atoms with Crippen LogP contribution in [0.4, 0.5) is 11.8 Å². The molecular formula is C14H23BrN4O. The summed E-state index contributed by atoms with van der Waals surface area (Å²) in [7, 11) is 1.82. The van der Waals surface area contributed by atoms with E-state index in [-0.39, 0.29) is 5.60 Å². The lowest BCUT2D eigenvalue weighted by atomic mass is 9.86. The van der Waals surface area contributed by atoms with Crippen LogP contribution in [0.3, 0.4) is 0 Å². The van der Waals surface area contributed by atoms with Crippen LogP contribution < -0.4 is 10.6 Å². The van der Waals surface area contributed by atoms with Gasteiger partial charge in [-0.25, -0.2) is 4.98 Å². The predicted octanol–water partition coefficient (Wildman–Crippen LogP) is 3.43. The fourth-order valence-corrected chi connectivity index (χ4v) is 2.98. The van der Waals surface area contributed by atoms with Gasteiger partial charge in [-0.05, 0) is 41.6 Å². The molecule has 6 heteroatoms. The van der Waals surface area contributed by atoms with Gasteiger partial charge in [0, 0.05) is 25.9 Å². The second-order valence-corrected chi connectivity index (χ2v) is 6.07. The van der Waals surface area contributed by atoms with Gasteiger partial charge >= 0.3 is 0 Å². The summed E-state index contributed by atoms with van der Waals surface area (Å²) >= 11 is 3.50. The second kappa shape index (κ2) is 6.72. The number of hydrogen-bond donors (Lipinski definition) is 2. The number of aromatic nitrogens is 2. The molecule has 1 aliphatic heterocycles. The van der Waals surface area contributed by atoms with Crippen LogP contribution in [0.1, 0.15) is 39.5 Å².